The van der Waals surface area contributed by atoms with Gasteiger partial charge in [0.1, 0.15) is 0 Å². The number of rotatable bonds is 9. The van der Waals surface area contributed by atoms with Crippen LogP contribution in [-0.4, -0.2) is 19.4 Å². The molecule has 0 saturated heterocycles. The van der Waals surface area contributed by atoms with Crippen LogP contribution in [0.25, 0.3) is 0 Å². The predicted molar refractivity (Wildman–Crippen MR) is 81.0 cm³/mol. The molecule has 1 rings (SSSR count). The predicted octanol–water partition coefficient (Wildman–Crippen LogP) is 4.53. The van der Waals surface area contributed by atoms with E-state index >= 15 is 0 Å². The summed E-state index contributed by atoms with van der Waals surface area (Å²) in [6, 6.07) is 8.55. The van der Waals surface area contributed by atoms with Gasteiger partial charge < -0.3 is 9.47 Å². The van der Waals surface area contributed by atoms with Crippen LogP contribution in [0.3, 0.4) is 0 Å². The third-order valence-electron chi connectivity index (χ3n) is 3.24. The molecule has 0 saturated carbocycles. The molecule has 0 aliphatic carbocycles. The first kappa shape index (κ1) is 16.5. The topological polar surface area (TPSA) is 35.5 Å². The van der Waals surface area contributed by atoms with Crippen molar-refractivity contribution >= 4 is 6.16 Å². The maximum atomic E-state index is 11.1. The van der Waals surface area contributed by atoms with Crippen molar-refractivity contribution in [1.29, 1.82) is 0 Å². The van der Waals surface area contributed by atoms with Crippen LogP contribution < -0.4 is 0 Å². The molecule has 3 heteroatoms. The maximum Gasteiger partial charge on any atom is 0.508 e. The number of benzene rings is 1. The van der Waals surface area contributed by atoms with Gasteiger partial charge in [-0.3, -0.25) is 0 Å². The Balaban J connectivity index is 2.33. The van der Waals surface area contributed by atoms with Gasteiger partial charge in [-0.1, -0.05) is 44.0 Å². The third kappa shape index (κ3) is 6.60. The zero-order valence-corrected chi connectivity index (χ0v) is 12.7. The fourth-order valence-corrected chi connectivity index (χ4v) is 2.19. The molecule has 0 unspecified atom stereocenters. The SMILES string of the molecule is CCCCCc1ccccc1CCCOC(=O)OCC. The fraction of sp³-hybridized carbons (Fsp3) is 0.588. The Morgan fingerprint density at radius 3 is 2.20 bits per heavy atom. The second-order valence-corrected chi connectivity index (χ2v) is 4.86. The standard InChI is InChI=1S/C17H26O3/c1-3-5-6-10-15-11-7-8-12-16(15)13-9-14-20-17(18)19-4-2/h7-8,11-12H,3-6,9-10,13-14H2,1-2H3. The molecular formula is C17H26O3. The van der Waals surface area contributed by atoms with Crippen LogP contribution in [0.5, 0.6) is 0 Å². The molecule has 3 nitrogen and oxygen atoms in total. The van der Waals surface area contributed by atoms with Crippen molar-refractivity contribution in [3.05, 3.63) is 35.4 Å². The number of hydrogen-bond acceptors (Lipinski definition) is 3. The summed E-state index contributed by atoms with van der Waals surface area (Å²) in [6.07, 6.45) is 6.13. The Morgan fingerprint density at radius 1 is 0.950 bits per heavy atom. The first-order valence-electron chi connectivity index (χ1n) is 7.64. The molecule has 0 radical (unpaired) electrons. The highest BCUT2D eigenvalue weighted by molar-refractivity contribution is 5.59. The average Bonchev–Trinajstić information content (AvgIpc) is 2.45. The van der Waals surface area contributed by atoms with Gasteiger partial charge in [0, 0.05) is 0 Å². The molecule has 1 aromatic carbocycles. The maximum absolute atomic E-state index is 11.1. The van der Waals surface area contributed by atoms with Gasteiger partial charge in [-0.05, 0) is 43.7 Å². The lowest BCUT2D eigenvalue weighted by atomic mass is 9.98. The smallest absolute Gasteiger partial charge is 0.435 e. The van der Waals surface area contributed by atoms with Crippen molar-refractivity contribution in [3.8, 4) is 0 Å². The lowest BCUT2D eigenvalue weighted by molar-refractivity contribution is 0.0584. The van der Waals surface area contributed by atoms with Gasteiger partial charge in [-0.15, -0.1) is 0 Å². The summed E-state index contributed by atoms with van der Waals surface area (Å²) in [7, 11) is 0. The Hall–Kier alpha value is -1.51. The number of ether oxygens (including phenoxy) is 2. The van der Waals surface area contributed by atoms with Gasteiger partial charge in [0.15, 0.2) is 0 Å². The van der Waals surface area contributed by atoms with Gasteiger partial charge in [-0.2, -0.15) is 0 Å². The Kier molecular flexibility index (Phi) is 8.52. The second kappa shape index (κ2) is 10.3. The Labute approximate surface area is 122 Å². The molecule has 0 spiro atoms. The highest BCUT2D eigenvalue weighted by atomic mass is 16.7. The number of carbonyl (C=O) groups excluding carboxylic acids is 1. The van der Waals surface area contributed by atoms with E-state index in [1.165, 1.54) is 30.4 Å². The second-order valence-electron chi connectivity index (χ2n) is 4.86. The molecule has 0 aliphatic rings. The van der Waals surface area contributed by atoms with Gasteiger partial charge in [0.25, 0.3) is 0 Å². The summed E-state index contributed by atoms with van der Waals surface area (Å²) in [5.74, 6) is 0. The number of aryl methyl sites for hydroxylation is 2. The monoisotopic (exact) mass is 278 g/mol. The normalized spacial score (nSPS) is 10.3. The van der Waals surface area contributed by atoms with Crippen molar-refractivity contribution in [1.82, 2.24) is 0 Å². The average molecular weight is 278 g/mol. The lowest BCUT2D eigenvalue weighted by Gasteiger charge is -2.09. The molecule has 0 N–H and O–H groups in total. The summed E-state index contributed by atoms with van der Waals surface area (Å²) in [4.78, 5) is 11.1. The van der Waals surface area contributed by atoms with Crippen molar-refractivity contribution in [2.24, 2.45) is 0 Å². The van der Waals surface area contributed by atoms with Gasteiger partial charge in [-0.25, -0.2) is 4.79 Å². The van der Waals surface area contributed by atoms with Crippen molar-refractivity contribution in [2.45, 2.75) is 52.4 Å². The van der Waals surface area contributed by atoms with Gasteiger partial charge in [0.05, 0.1) is 13.2 Å². The summed E-state index contributed by atoms with van der Waals surface area (Å²) in [5.41, 5.74) is 2.80. The highest BCUT2D eigenvalue weighted by Crippen LogP contribution is 2.14. The molecule has 0 fully saturated rings. The summed E-state index contributed by atoms with van der Waals surface area (Å²) in [6.45, 7) is 4.77. The summed E-state index contributed by atoms with van der Waals surface area (Å²) in [5, 5.41) is 0. The van der Waals surface area contributed by atoms with Crippen LogP contribution in [0.2, 0.25) is 0 Å². The molecule has 0 heterocycles. The highest BCUT2D eigenvalue weighted by Gasteiger charge is 2.04. The minimum Gasteiger partial charge on any atom is -0.435 e. The summed E-state index contributed by atoms with van der Waals surface area (Å²) < 4.78 is 9.70. The van der Waals surface area contributed by atoms with Gasteiger partial charge >= 0.3 is 6.16 Å². The molecule has 0 amide bonds. The number of hydrogen-bond donors (Lipinski definition) is 0. The van der Waals surface area contributed by atoms with Crippen LogP contribution in [0.4, 0.5) is 4.79 Å². The number of carbonyl (C=O) groups is 1. The molecule has 0 aromatic heterocycles. The molecule has 1 aromatic rings. The lowest BCUT2D eigenvalue weighted by Crippen LogP contribution is -2.08. The zero-order valence-electron chi connectivity index (χ0n) is 12.7. The van der Waals surface area contributed by atoms with E-state index in [0.717, 1.165) is 19.3 Å². The van der Waals surface area contributed by atoms with Crippen LogP contribution in [0, 0.1) is 0 Å². The van der Waals surface area contributed by atoms with E-state index in [9.17, 15) is 4.79 Å². The van der Waals surface area contributed by atoms with Crippen LogP contribution in [-0.2, 0) is 22.3 Å². The van der Waals surface area contributed by atoms with E-state index in [0.29, 0.717) is 13.2 Å². The summed E-state index contributed by atoms with van der Waals surface area (Å²) >= 11 is 0. The van der Waals surface area contributed by atoms with E-state index in [1.54, 1.807) is 6.92 Å². The van der Waals surface area contributed by atoms with E-state index < -0.39 is 6.16 Å². The van der Waals surface area contributed by atoms with Crippen molar-refractivity contribution in [2.75, 3.05) is 13.2 Å². The van der Waals surface area contributed by atoms with Crippen molar-refractivity contribution < 1.29 is 14.3 Å². The first-order valence-corrected chi connectivity index (χ1v) is 7.64. The minimum atomic E-state index is -0.566. The van der Waals surface area contributed by atoms with E-state index in [2.05, 4.69) is 31.2 Å². The van der Waals surface area contributed by atoms with Crippen LogP contribution in [0.15, 0.2) is 24.3 Å². The molecular weight excluding hydrogens is 252 g/mol. The molecule has 0 atom stereocenters. The number of unbranched alkanes of at least 4 members (excludes halogenated alkanes) is 2. The minimum absolute atomic E-state index is 0.360. The van der Waals surface area contributed by atoms with E-state index in [-0.39, 0.29) is 0 Å². The Morgan fingerprint density at radius 2 is 1.60 bits per heavy atom. The quantitative estimate of drug-likeness (QED) is 0.492. The fourth-order valence-electron chi connectivity index (χ4n) is 2.19. The molecule has 0 aliphatic heterocycles. The van der Waals surface area contributed by atoms with Gasteiger partial charge in [0.2, 0.25) is 0 Å². The first-order chi connectivity index (χ1) is 9.77. The van der Waals surface area contributed by atoms with Crippen LogP contribution >= 0.6 is 0 Å². The third-order valence-corrected chi connectivity index (χ3v) is 3.24. The van der Waals surface area contributed by atoms with E-state index in [4.69, 9.17) is 9.47 Å². The van der Waals surface area contributed by atoms with E-state index in [1.807, 2.05) is 0 Å². The van der Waals surface area contributed by atoms with Crippen LogP contribution in [0.1, 0.15) is 50.7 Å². The van der Waals surface area contributed by atoms with Crippen molar-refractivity contribution in [3.63, 3.8) is 0 Å². The largest absolute Gasteiger partial charge is 0.508 e. The zero-order chi connectivity index (χ0) is 14.6. The molecule has 0 bridgehead atoms. The molecule has 20 heavy (non-hydrogen) atoms. The molecule has 112 valence electrons. The Bertz CT molecular complexity index is 388.